The molecular weight excluding hydrogens is 408 g/mol. The lowest BCUT2D eigenvalue weighted by Gasteiger charge is -2.13. The van der Waals surface area contributed by atoms with Crippen molar-refractivity contribution in [2.24, 2.45) is 5.73 Å². The van der Waals surface area contributed by atoms with Gasteiger partial charge in [0.15, 0.2) is 5.82 Å². The maximum Gasteiger partial charge on any atom is 0.416 e. The van der Waals surface area contributed by atoms with E-state index in [1.54, 1.807) is 0 Å². The molecule has 5 nitrogen and oxygen atoms in total. The Hall–Kier alpha value is -2.21. The predicted octanol–water partition coefficient (Wildman–Crippen LogP) is 4.62. The molecule has 2 rings (SSSR count). The van der Waals surface area contributed by atoms with Crippen molar-refractivity contribution in [3.05, 3.63) is 40.4 Å². The summed E-state index contributed by atoms with van der Waals surface area (Å²) in [7, 11) is 0. The summed E-state index contributed by atoms with van der Waals surface area (Å²) < 4.78 is 77.3. The maximum absolute atomic E-state index is 12.9. The highest BCUT2D eigenvalue weighted by molar-refractivity contribution is 8.02. The molecule has 140 valence electrons. The molecule has 2 aromatic rings. The Labute approximate surface area is 151 Å². The summed E-state index contributed by atoms with van der Waals surface area (Å²) in [6.07, 6.45) is -8.88. The summed E-state index contributed by atoms with van der Waals surface area (Å²) in [5.74, 6) is -0.308. The fraction of sp³-hybridized carbons (Fsp3) is 0.154. The lowest BCUT2D eigenvalue weighted by molar-refractivity contribution is -0.143. The molecule has 0 unspecified atom stereocenters. The number of hydrogen-bond donors (Lipinski definition) is 3. The number of alkyl halides is 6. The van der Waals surface area contributed by atoms with Crippen LogP contribution >= 0.6 is 23.4 Å². The van der Waals surface area contributed by atoms with Crippen LogP contribution in [0.25, 0.3) is 11.4 Å². The van der Waals surface area contributed by atoms with E-state index in [-0.39, 0.29) is 27.2 Å². The van der Waals surface area contributed by atoms with Gasteiger partial charge in [-0.1, -0.05) is 11.6 Å². The Kier molecular flexibility index (Phi) is 5.56. The van der Waals surface area contributed by atoms with Gasteiger partial charge in [0, 0.05) is 11.6 Å². The molecule has 0 saturated heterocycles. The van der Waals surface area contributed by atoms with E-state index < -0.39 is 29.0 Å². The van der Waals surface area contributed by atoms with E-state index >= 15 is 0 Å². The van der Waals surface area contributed by atoms with Crippen molar-refractivity contribution >= 4 is 28.5 Å². The van der Waals surface area contributed by atoms with Gasteiger partial charge in [0.2, 0.25) is 5.16 Å². The molecule has 1 aromatic heterocycles. The number of benzene rings is 1. The molecule has 0 aliphatic heterocycles. The van der Waals surface area contributed by atoms with Gasteiger partial charge in [0.1, 0.15) is 5.17 Å². The third-order valence-corrected chi connectivity index (χ3v) is 3.63. The molecule has 0 amide bonds. The third-order valence-electron chi connectivity index (χ3n) is 2.80. The highest BCUT2D eigenvalue weighted by Gasteiger charge is 2.37. The lowest BCUT2D eigenvalue weighted by Crippen LogP contribution is -2.11. The first kappa shape index (κ1) is 20.1. The average molecular weight is 416 g/mol. The number of nitrogens with zero attached hydrogens (tertiary/aromatic N) is 2. The minimum atomic E-state index is -4.97. The van der Waals surface area contributed by atoms with E-state index in [4.69, 9.17) is 22.7 Å². The van der Waals surface area contributed by atoms with Crippen LogP contribution in [0.5, 0.6) is 0 Å². The number of halogens is 7. The first-order valence-electron chi connectivity index (χ1n) is 6.47. The molecule has 0 aliphatic rings. The smallest absolute Gasteiger partial charge is 0.393 e. The molecule has 0 atom stereocenters. The summed E-state index contributed by atoms with van der Waals surface area (Å²) in [6, 6.07) is 1.07. The largest absolute Gasteiger partial charge is 0.416 e. The van der Waals surface area contributed by atoms with Crippen molar-refractivity contribution in [2.45, 2.75) is 17.5 Å². The molecule has 26 heavy (non-hydrogen) atoms. The second-order valence-corrected chi connectivity index (χ2v) is 6.21. The molecule has 1 heterocycles. The van der Waals surface area contributed by atoms with Crippen LogP contribution in [0.1, 0.15) is 11.1 Å². The highest BCUT2D eigenvalue weighted by Crippen LogP contribution is 2.38. The first-order valence-corrected chi connectivity index (χ1v) is 7.67. The zero-order valence-corrected chi connectivity index (χ0v) is 13.9. The molecule has 13 heteroatoms. The summed E-state index contributed by atoms with van der Waals surface area (Å²) in [4.78, 5) is 3.80. The van der Waals surface area contributed by atoms with Gasteiger partial charge in [-0.25, -0.2) is 4.98 Å². The van der Waals surface area contributed by atoms with Crippen molar-refractivity contribution in [2.75, 3.05) is 0 Å². The number of H-pyrrole nitrogens is 1. The number of hydrogen-bond acceptors (Lipinski definition) is 5. The normalized spacial score (nSPS) is 13.1. The summed E-state index contributed by atoms with van der Waals surface area (Å²) in [6.45, 7) is 0. The van der Waals surface area contributed by atoms with Crippen molar-refractivity contribution < 1.29 is 26.3 Å². The van der Waals surface area contributed by atoms with Gasteiger partial charge in [0.05, 0.1) is 16.2 Å². The van der Waals surface area contributed by atoms with Crippen LogP contribution in [0, 0.1) is 5.41 Å². The molecule has 0 fully saturated rings. The van der Waals surface area contributed by atoms with Crippen LogP contribution in [0.4, 0.5) is 26.3 Å². The maximum atomic E-state index is 12.9. The Morgan fingerprint density at radius 3 is 2.12 bits per heavy atom. The van der Waals surface area contributed by atoms with Gasteiger partial charge in [0.25, 0.3) is 0 Å². The first-order chi connectivity index (χ1) is 11.9. The fourth-order valence-electron chi connectivity index (χ4n) is 1.77. The average Bonchev–Trinajstić information content (AvgIpc) is 2.92. The Morgan fingerprint density at radius 1 is 1.12 bits per heavy atom. The Morgan fingerprint density at radius 2 is 1.65 bits per heavy atom. The summed E-state index contributed by atoms with van der Waals surface area (Å²) in [5.41, 5.74) is 2.14. The predicted molar refractivity (Wildman–Crippen MR) is 83.5 cm³/mol. The number of nitrogens with one attached hydrogen (secondary N) is 2. The SMILES string of the molecule is N=C(Cl)/C=C(\N)Sc1n[nH]c(-c2cc(C(F)(F)F)cc(C(F)(F)F)c2)n1. The Balaban J connectivity index is 2.44. The second kappa shape index (κ2) is 7.19. The lowest BCUT2D eigenvalue weighted by atomic mass is 10.0. The van der Waals surface area contributed by atoms with Crippen molar-refractivity contribution in [1.82, 2.24) is 15.2 Å². The molecule has 0 saturated carbocycles. The van der Waals surface area contributed by atoms with Crippen LogP contribution in [0.2, 0.25) is 0 Å². The third kappa shape index (κ3) is 5.14. The van der Waals surface area contributed by atoms with E-state index in [0.29, 0.717) is 12.1 Å². The molecular formula is C13H8ClF6N5S. The van der Waals surface area contributed by atoms with Crippen LogP contribution < -0.4 is 5.73 Å². The van der Waals surface area contributed by atoms with Crippen molar-refractivity contribution in [1.29, 1.82) is 5.41 Å². The minimum Gasteiger partial charge on any atom is -0.393 e. The zero-order chi connectivity index (χ0) is 19.7. The van der Waals surface area contributed by atoms with E-state index in [2.05, 4.69) is 15.2 Å². The molecule has 0 spiro atoms. The molecule has 0 aliphatic carbocycles. The highest BCUT2D eigenvalue weighted by atomic mass is 35.5. The minimum absolute atomic E-state index is 0.00979. The van der Waals surface area contributed by atoms with Crippen LogP contribution in [0.3, 0.4) is 0 Å². The molecule has 0 bridgehead atoms. The van der Waals surface area contributed by atoms with Gasteiger partial charge in [-0.15, -0.1) is 5.10 Å². The second-order valence-electron chi connectivity index (χ2n) is 4.76. The number of allylic oxidation sites excluding steroid dienone is 1. The number of aromatic nitrogens is 3. The quantitative estimate of drug-likeness (QED) is 0.386. The van der Waals surface area contributed by atoms with E-state index in [1.165, 1.54) is 0 Å². The molecule has 1 aromatic carbocycles. The Bertz CT molecular complexity index is 825. The number of nitrogens with two attached hydrogens (primary N) is 1. The monoisotopic (exact) mass is 415 g/mol. The van der Waals surface area contributed by atoms with Crippen LogP contribution in [-0.2, 0) is 12.4 Å². The van der Waals surface area contributed by atoms with E-state index in [1.807, 2.05) is 0 Å². The van der Waals surface area contributed by atoms with Crippen LogP contribution in [0.15, 0.2) is 34.5 Å². The van der Waals surface area contributed by atoms with Gasteiger partial charge < -0.3 is 5.73 Å². The van der Waals surface area contributed by atoms with Crippen LogP contribution in [-0.4, -0.2) is 20.4 Å². The van der Waals surface area contributed by atoms with Gasteiger partial charge >= 0.3 is 12.4 Å². The zero-order valence-electron chi connectivity index (χ0n) is 12.3. The molecule has 4 N–H and O–H groups in total. The van der Waals surface area contributed by atoms with Crippen molar-refractivity contribution in [3.8, 4) is 11.4 Å². The molecule has 0 radical (unpaired) electrons. The van der Waals surface area contributed by atoms with Crippen molar-refractivity contribution in [3.63, 3.8) is 0 Å². The number of aromatic amines is 1. The standard InChI is InChI=1S/C13H8ClF6N5S/c14-8(21)4-9(22)26-11-23-10(24-25-11)5-1-6(12(15,16)17)3-7(2-5)13(18,19)20/h1-4,21H,22H2,(H,23,24,25)/b9-4+,21-8?. The summed E-state index contributed by atoms with van der Waals surface area (Å²) >= 11 is 6.03. The summed E-state index contributed by atoms with van der Waals surface area (Å²) in [5, 5.41) is 12.5. The number of rotatable bonds is 4. The number of thioether (sulfide) groups is 1. The van der Waals surface area contributed by atoms with Gasteiger partial charge in [-0.3, -0.25) is 10.5 Å². The van der Waals surface area contributed by atoms with Gasteiger partial charge in [-0.2, -0.15) is 26.3 Å². The fourth-order valence-corrected chi connectivity index (χ4v) is 2.57. The van der Waals surface area contributed by atoms with Gasteiger partial charge in [-0.05, 0) is 30.0 Å². The van der Waals surface area contributed by atoms with E-state index in [9.17, 15) is 26.3 Å². The van der Waals surface area contributed by atoms with E-state index in [0.717, 1.165) is 17.8 Å². The topological polar surface area (TPSA) is 91.4 Å².